The molecule has 1 saturated heterocycles. The van der Waals surface area contributed by atoms with E-state index in [0.717, 1.165) is 5.56 Å². The first-order valence-electron chi connectivity index (χ1n) is 6.42. The molecule has 0 radical (unpaired) electrons. The largest absolute Gasteiger partial charge is 0.392 e. The van der Waals surface area contributed by atoms with E-state index in [1.54, 1.807) is 0 Å². The highest BCUT2D eigenvalue weighted by Gasteiger charge is 2.43. The van der Waals surface area contributed by atoms with Gasteiger partial charge in [0.2, 0.25) is 5.91 Å². The Bertz CT molecular complexity index is 427. The number of aliphatic hydroxyl groups is 1. The van der Waals surface area contributed by atoms with Crippen LogP contribution in [0.15, 0.2) is 30.3 Å². The molecule has 1 aliphatic heterocycles. The van der Waals surface area contributed by atoms with E-state index < -0.39 is 6.10 Å². The number of benzene rings is 1. The molecule has 2 rings (SSSR count). The third-order valence-electron chi connectivity index (χ3n) is 3.79. The van der Waals surface area contributed by atoms with Crippen LogP contribution in [-0.4, -0.2) is 28.6 Å². The normalized spacial score (nSPS) is 27.3. The average molecular weight is 247 g/mol. The van der Waals surface area contributed by atoms with Crippen LogP contribution in [0.4, 0.5) is 0 Å². The lowest BCUT2D eigenvalue weighted by Crippen LogP contribution is -2.56. The average Bonchev–Trinajstić information content (AvgIpc) is 2.35. The highest BCUT2D eigenvalue weighted by molar-refractivity contribution is 5.80. The summed E-state index contributed by atoms with van der Waals surface area (Å²) in [6.45, 7) is 7.06. The van der Waals surface area contributed by atoms with E-state index in [2.05, 4.69) is 0 Å². The molecule has 3 nitrogen and oxygen atoms in total. The fourth-order valence-electron chi connectivity index (χ4n) is 2.70. The molecule has 0 bridgehead atoms. The van der Waals surface area contributed by atoms with Crippen LogP contribution in [0, 0.1) is 11.3 Å². The molecule has 0 spiro atoms. The summed E-state index contributed by atoms with van der Waals surface area (Å²) in [4.78, 5) is 14.0. The van der Waals surface area contributed by atoms with Gasteiger partial charge in [-0.15, -0.1) is 0 Å². The number of likely N-dealkylation sites (tertiary alicyclic amines) is 1. The number of carbonyl (C=O) groups is 1. The van der Waals surface area contributed by atoms with E-state index in [1.165, 1.54) is 0 Å². The zero-order valence-electron chi connectivity index (χ0n) is 11.3. The molecule has 1 aliphatic rings. The molecule has 0 aliphatic carbocycles. The topological polar surface area (TPSA) is 40.5 Å². The summed E-state index contributed by atoms with van der Waals surface area (Å²) in [5, 5.41) is 10.1. The molecule has 1 aromatic carbocycles. The Balaban J connectivity index is 2.16. The van der Waals surface area contributed by atoms with Crippen LogP contribution in [0.2, 0.25) is 0 Å². The number of carbonyl (C=O) groups excluding carboxylic acids is 1. The second kappa shape index (κ2) is 4.73. The van der Waals surface area contributed by atoms with E-state index in [4.69, 9.17) is 0 Å². The predicted octanol–water partition coefficient (Wildman–Crippen LogP) is 2.05. The second-order valence-electron chi connectivity index (χ2n) is 5.90. The van der Waals surface area contributed by atoms with E-state index in [9.17, 15) is 9.90 Å². The van der Waals surface area contributed by atoms with Gasteiger partial charge in [-0.3, -0.25) is 4.79 Å². The smallest absolute Gasteiger partial charge is 0.228 e. The van der Waals surface area contributed by atoms with Gasteiger partial charge < -0.3 is 10.0 Å². The molecule has 98 valence electrons. The van der Waals surface area contributed by atoms with Crippen molar-refractivity contribution in [3.05, 3.63) is 35.9 Å². The maximum Gasteiger partial charge on any atom is 0.228 e. The van der Waals surface area contributed by atoms with Crippen LogP contribution < -0.4 is 0 Å². The first kappa shape index (κ1) is 13.1. The van der Waals surface area contributed by atoms with Crippen molar-refractivity contribution in [3.8, 4) is 0 Å². The fraction of sp³-hybridized carbons (Fsp3) is 0.533. The van der Waals surface area contributed by atoms with Gasteiger partial charge in [0.15, 0.2) is 0 Å². The van der Waals surface area contributed by atoms with Gasteiger partial charge in [0.25, 0.3) is 0 Å². The number of hydrogen-bond acceptors (Lipinski definition) is 2. The molecule has 0 saturated carbocycles. The summed E-state index contributed by atoms with van der Waals surface area (Å²) >= 11 is 0. The van der Waals surface area contributed by atoms with Gasteiger partial charge in [-0.2, -0.15) is 0 Å². The molecule has 2 atom stereocenters. The maximum absolute atomic E-state index is 12.2. The summed E-state index contributed by atoms with van der Waals surface area (Å²) in [6, 6.07) is 9.98. The zero-order valence-corrected chi connectivity index (χ0v) is 11.3. The number of piperidine rings is 1. The maximum atomic E-state index is 12.2. The van der Waals surface area contributed by atoms with Gasteiger partial charge in [0.1, 0.15) is 0 Å². The summed E-state index contributed by atoms with van der Waals surface area (Å²) in [5.74, 6) is -0.275. The standard InChI is InChI=1S/C15H21NO2/c1-11-13(17)15(2,3)10-16(14(11)18)9-12-7-5-4-6-8-12/h4-8,11,13,17H,9-10H2,1-3H3/t11-,13+/m1/s1. The van der Waals surface area contributed by atoms with Crippen molar-refractivity contribution in [2.24, 2.45) is 11.3 Å². The van der Waals surface area contributed by atoms with E-state index in [-0.39, 0.29) is 17.2 Å². The number of nitrogens with zero attached hydrogens (tertiary/aromatic N) is 1. The van der Waals surface area contributed by atoms with Crippen LogP contribution in [0.25, 0.3) is 0 Å². The minimum Gasteiger partial charge on any atom is -0.392 e. The lowest BCUT2D eigenvalue weighted by molar-refractivity contribution is -0.155. The molecule has 1 fully saturated rings. The SMILES string of the molecule is C[C@H]1C(=O)N(Cc2ccccc2)CC(C)(C)[C@H]1O. The summed E-state index contributed by atoms with van der Waals surface area (Å²) in [6.07, 6.45) is -0.558. The van der Waals surface area contributed by atoms with Gasteiger partial charge in [0, 0.05) is 18.5 Å². The Morgan fingerprint density at radius 1 is 1.33 bits per heavy atom. The monoisotopic (exact) mass is 247 g/mol. The van der Waals surface area contributed by atoms with E-state index in [1.807, 2.05) is 56.0 Å². The van der Waals surface area contributed by atoms with Crippen molar-refractivity contribution in [2.75, 3.05) is 6.54 Å². The minimum atomic E-state index is -0.558. The van der Waals surface area contributed by atoms with Gasteiger partial charge in [-0.25, -0.2) is 0 Å². The molecule has 18 heavy (non-hydrogen) atoms. The molecule has 1 heterocycles. The molecule has 0 unspecified atom stereocenters. The molecule has 3 heteroatoms. The Kier molecular flexibility index (Phi) is 3.44. The van der Waals surface area contributed by atoms with Crippen LogP contribution in [-0.2, 0) is 11.3 Å². The van der Waals surface area contributed by atoms with E-state index >= 15 is 0 Å². The predicted molar refractivity (Wildman–Crippen MR) is 70.8 cm³/mol. The number of hydrogen-bond donors (Lipinski definition) is 1. The summed E-state index contributed by atoms with van der Waals surface area (Å²) in [7, 11) is 0. The van der Waals surface area contributed by atoms with Crippen LogP contribution in [0.1, 0.15) is 26.3 Å². The lowest BCUT2D eigenvalue weighted by atomic mass is 9.76. The van der Waals surface area contributed by atoms with Crippen molar-refractivity contribution < 1.29 is 9.90 Å². The van der Waals surface area contributed by atoms with Crippen molar-refractivity contribution in [3.63, 3.8) is 0 Å². The fourth-order valence-corrected chi connectivity index (χ4v) is 2.70. The Morgan fingerprint density at radius 2 is 1.94 bits per heavy atom. The number of aliphatic hydroxyl groups excluding tert-OH is 1. The minimum absolute atomic E-state index is 0.0469. The zero-order chi connectivity index (χ0) is 13.3. The Labute approximate surface area is 108 Å². The molecular formula is C15H21NO2. The van der Waals surface area contributed by atoms with Crippen molar-refractivity contribution in [2.45, 2.75) is 33.4 Å². The van der Waals surface area contributed by atoms with E-state index in [0.29, 0.717) is 13.1 Å². The molecule has 1 aromatic rings. The molecular weight excluding hydrogens is 226 g/mol. The van der Waals surface area contributed by atoms with Gasteiger partial charge in [-0.05, 0) is 5.56 Å². The Hall–Kier alpha value is -1.35. The second-order valence-corrected chi connectivity index (χ2v) is 5.90. The first-order chi connectivity index (χ1) is 8.42. The summed E-state index contributed by atoms with van der Waals surface area (Å²) < 4.78 is 0. The van der Waals surface area contributed by atoms with Crippen molar-refractivity contribution >= 4 is 5.91 Å². The third kappa shape index (κ3) is 2.41. The van der Waals surface area contributed by atoms with Crippen LogP contribution in [0.5, 0.6) is 0 Å². The lowest BCUT2D eigenvalue weighted by Gasteiger charge is -2.44. The third-order valence-corrected chi connectivity index (χ3v) is 3.79. The highest BCUT2D eigenvalue weighted by Crippen LogP contribution is 2.33. The molecule has 1 amide bonds. The van der Waals surface area contributed by atoms with Gasteiger partial charge >= 0.3 is 0 Å². The first-order valence-corrected chi connectivity index (χ1v) is 6.42. The molecule has 1 N–H and O–H groups in total. The van der Waals surface area contributed by atoms with Crippen LogP contribution in [0.3, 0.4) is 0 Å². The van der Waals surface area contributed by atoms with Gasteiger partial charge in [-0.1, -0.05) is 51.1 Å². The van der Waals surface area contributed by atoms with Crippen molar-refractivity contribution in [1.82, 2.24) is 4.90 Å². The molecule has 0 aromatic heterocycles. The Morgan fingerprint density at radius 3 is 2.56 bits per heavy atom. The van der Waals surface area contributed by atoms with Crippen molar-refractivity contribution in [1.29, 1.82) is 0 Å². The quantitative estimate of drug-likeness (QED) is 0.869. The highest BCUT2D eigenvalue weighted by atomic mass is 16.3. The number of rotatable bonds is 2. The number of amides is 1. The van der Waals surface area contributed by atoms with Crippen LogP contribution >= 0.6 is 0 Å². The summed E-state index contributed by atoms with van der Waals surface area (Å²) in [5.41, 5.74) is 0.882. The van der Waals surface area contributed by atoms with Gasteiger partial charge in [0.05, 0.1) is 12.0 Å².